The molecule has 0 spiro atoms. The summed E-state index contributed by atoms with van der Waals surface area (Å²) in [5.74, 6) is 0.0960. The second-order valence-corrected chi connectivity index (χ2v) is 4.87. The van der Waals surface area contributed by atoms with Crippen LogP contribution in [0.15, 0.2) is 39.3 Å². The molecule has 1 heterocycles. The Bertz CT molecular complexity index is 881. The molecule has 0 saturated heterocycles. The summed E-state index contributed by atoms with van der Waals surface area (Å²) < 4.78 is 5.98. The van der Waals surface area contributed by atoms with Crippen molar-refractivity contribution in [3.8, 4) is 17.7 Å². The maximum absolute atomic E-state index is 12.4. The molecule has 0 amide bonds. The normalized spacial score (nSPS) is 10.8. The van der Waals surface area contributed by atoms with Crippen molar-refractivity contribution in [2.75, 3.05) is 13.7 Å². The molecule has 0 aliphatic carbocycles. The SMILES string of the molecule is COc1cccc(N=Nc2c(C)c(C#N)c(O)n(CCO)c2=O)c1. The van der Waals surface area contributed by atoms with Crippen LogP contribution in [0.25, 0.3) is 0 Å². The summed E-state index contributed by atoms with van der Waals surface area (Å²) in [7, 11) is 1.52. The van der Waals surface area contributed by atoms with Gasteiger partial charge >= 0.3 is 0 Å². The minimum Gasteiger partial charge on any atom is -0.497 e. The molecule has 24 heavy (non-hydrogen) atoms. The monoisotopic (exact) mass is 328 g/mol. The summed E-state index contributed by atoms with van der Waals surface area (Å²) in [6.45, 7) is 0.984. The van der Waals surface area contributed by atoms with Crippen molar-refractivity contribution in [2.24, 2.45) is 10.2 Å². The van der Waals surface area contributed by atoms with Crippen LogP contribution in [0.1, 0.15) is 11.1 Å². The van der Waals surface area contributed by atoms with Gasteiger partial charge in [0.2, 0.25) is 5.88 Å². The van der Waals surface area contributed by atoms with Gasteiger partial charge in [-0.15, -0.1) is 5.11 Å². The molecule has 0 aliphatic heterocycles. The Hall–Kier alpha value is -3.18. The largest absolute Gasteiger partial charge is 0.497 e. The van der Waals surface area contributed by atoms with Crippen LogP contribution in [0.5, 0.6) is 11.6 Å². The van der Waals surface area contributed by atoms with Crippen LogP contribution < -0.4 is 10.3 Å². The average molecular weight is 328 g/mol. The lowest BCUT2D eigenvalue weighted by atomic mass is 10.1. The van der Waals surface area contributed by atoms with E-state index in [2.05, 4.69) is 10.2 Å². The average Bonchev–Trinajstić information content (AvgIpc) is 2.59. The highest BCUT2D eigenvalue weighted by Crippen LogP contribution is 2.27. The number of pyridine rings is 1. The molecule has 2 N–H and O–H groups in total. The molecule has 2 rings (SSSR count). The number of nitrogens with zero attached hydrogens (tertiary/aromatic N) is 4. The van der Waals surface area contributed by atoms with Gasteiger partial charge in [0.15, 0.2) is 5.69 Å². The van der Waals surface area contributed by atoms with E-state index in [4.69, 9.17) is 9.84 Å². The summed E-state index contributed by atoms with van der Waals surface area (Å²) in [6, 6.07) is 8.62. The standard InChI is InChI=1S/C16H16N4O4/c1-10-13(9-17)15(22)20(6-7-21)16(23)14(10)19-18-11-4-3-5-12(8-11)24-2/h3-5,8,21-22H,6-7H2,1-2H3. The van der Waals surface area contributed by atoms with Crippen LogP contribution in [0.4, 0.5) is 11.4 Å². The number of aliphatic hydroxyl groups is 1. The van der Waals surface area contributed by atoms with E-state index in [-0.39, 0.29) is 30.0 Å². The Morgan fingerprint density at radius 2 is 2.12 bits per heavy atom. The predicted molar refractivity (Wildman–Crippen MR) is 86.1 cm³/mol. The minimum absolute atomic E-state index is 0.0689. The molecular weight excluding hydrogens is 312 g/mol. The van der Waals surface area contributed by atoms with Crippen LogP contribution >= 0.6 is 0 Å². The first-order valence-corrected chi connectivity index (χ1v) is 7.06. The van der Waals surface area contributed by atoms with E-state index in [9.17, 15) is 15.2 Å². The van der Waals surface area contributed by atoms with E-state index in [1.54, 1.807) is 24.3 Å². The third kappa shape index (κ3) is 3.26. The highest BCUT2D eigenvalue weighted by Gasteiger charge is 2.18. The molecule has 0 atom stereocenters. The molecule has 0 fully saturated rings. The molecule has 0 radical (unpaired) electrons. The van der Waals surface area contributed by atoms with Crippen LogP contribution in [-0.2, 0) is 6.54 Å². The van der Waals surface area contributed by atoms with Gasteiger partial charge in [-0.2, -0.15) is 10.4 Å². The molecule has 124 valence electrons. The number of aromatic hydroxyl groups is 1. The lowest BCUT2D eigenvalue weighted by Crippen LogP contribution is -2.23. The van der Waals surface area contributed by atoms with Crippen molar-refractivity contribution in [3.05, 3.63) is 45.7 Å². The number of azo groups is 1. The molecule has 0 aliphatic rings. The van der Waals surface area contributed by atoms with Gasteiger partial charge in [0, 0.05) is 11.6 Å². The van der Waals surface area contributed by atoms with Crippen molar-refractivity contribution >= 4 is 11.4 Å². The topological polar surface area (TPSA) is 120 Å². The molecule has 1 aromatic carbocycles. The summed E-state index contributed by atoms with van der Waals surface area (Å²) in [6.07, 6.45) is 0. The van der Waals surface area contributed by atoms with Crippen molar-refractivity contribution in [1.82, 2.24) is 4.57 Å². The maximum Gasteiger partial charge on any atom is 0.281 e. The third-order valence-corrected chi connectivity index (χ3v) is 3.41. The van der Waals surface area contributed by atoms with E-state index >= 15 is 0 Å². The quantitative estimate of drug-likeness (QED) is 0.815. The molecule has 0 bridgehead atoms. The summed E-state index contributed by atoms with van der Waals surface area (Å²) >= 11 is 0. The minimum atomic E-state index is -0.635. The van der Waals surface area contributed by atoms with E-state index < -0.39 is 11.4 Å². The fourth-order valence-electron chi connectivity index (χ4n) is 2.14. The zero-order valence-corrected chi connectivity index (χ0v) is 13.2. The van der Waals surface area contributed by atoms with Gasteiger partial charge in [0.25, 0.3) is 5.56 Å². The van der Waals surface area contributed by atoms with Gasteiger partial charge in [-0.25, -0.2) is 0 Å². The molecule has 1 aromatic heterocycles. The molecule has 8 heteroatoms. The first-order valence-electron chi connectivity index (χ1n) is 7.06. The zero-order chi connectivity index (χ0) is 17.7. The molecule has 0 saturated carbocycles. The van der Waals surface area contributed by atoms with Gasteiger partial charge in [-0.1, -0.05) is 6.07 Å². The van der Waals surface area contributed by atoms with E-state index in [1.807, 2.05) is 6.07 Å². The maximum atomic E-state index is 12.4. The van der Waals surface area contributed by atoms with Crippen LogP contribution in [0.2, 0.25) is 0 Å². The van der Waals surface area contributed by atoms with Crippen LogP contribution in [0.3, 0.4) is 0 Å². The zero-order valence-electron chi connectivity index (χ0n) is 13.2. The Labute approximate surface area is 137 Å². The second-order valence-electron chi connectivity index (χ2n) is 4.87. The first kappa shape index (κ1) is 17.2. The van der Waals surface area contributed by atoms with E-state index in [0.717, 1.165) is 4.57 Å². The van der Waals surface area contributed by atoms with Gasteiger partial charge < -0.3 is 14.9 Å². The number of aromatic nitrogens is 1. The summed E-state index contributed by atoms with van der Waals surface area (Å²) in [4.78, 5) is 12.4. The van der Waals surface area contributed by atoms with Crippen molar-refractivity contribution in [3.63, 3.8) is 0 Å². The second kappa shape index (κ2) is 7.39. The number of nitriles is 1. The molecular formula is C16H16N4O4. The Balaban J connectivity index is 2.57. The van der Waals surface area contributed by atoms with Crippen molar-refractivity contribution in [1.29, 1.82) is 5.26 Å². The number of methoxy groups -OCH3 is 1. The predicted octanol–water partition coefficient (Wildman–Crippen LogP) is 2.15. The number of hydrogen-bond donors (Lipinski definition) is 2. The Morgan fingerprint density at radius 3 is 2.75 bits per heavy atom. The van der Waals surface area contributed by atoms with E-state index in [0.29, 0.717) is 11.4 Å². The number of hydrogen-bond acceptors (Lipinski definition) is 7. The highest BCUT2D eigenvalue weighted by molar-refractivity contribution is 5.56. The van der Waals surface area contributed by atoms with E-state index in [1.165, 1.54) is 14.0 Å². The van der Waals surface area contributed by atoms with Gasteiger partial charge in [-0.05, 0) is 19.1 Å². The fraction of sp³-hybridized carbons (Fsp3) is 0.250. The van der Waals surface area contributed by atoms with Gasteiger partial charge in [0.1, 0.15) is 17.4 Å². The number of rotatable bonds is 5. The molecule has 8 nitrogen and oxygen atoms in total. The Morgan fingerprint density at radius 1 is 1.38 bits per heavy atom. The van der Waals surface area contributed by atoms with Crippen molar-refractivity contribution in [2.45, 2.75) is 13.5 Å². The van der Waals surface area contributed by atoms with Gasteiger partial charge in [0.05, 0.1) is 25.9 Å². The third-order valence-electron chi connectivity index (χ3n) is 3.41. The lowest BCUT2D eigenvalue weighted by molar-refractivity contribution is 0.263. The Kier molecular flexibility index (Phi) is 5.29. The number of ether oxygens (including phenoxy) is 1. The van der Waals surface area contributed by atoms with Crippen LogP contribution in [0, 0.1) is 18.3 Å². The molecule has 0 unspecified atom stereocenters. The number of aliphatic hydroxyl groups excluding tert-OH is 1. The van der Waals surface area contributed by atoms with Crippen LogP contribution in [-0.4, -0.2) is 28.5 Å². The highest BCUT2D eigenvalue weighted by atomic mass is 16.5. The fourth-order valence-corrected chi connectivity index (χ4v) is 2.14. The summed E-state index contributed by atoms with van der Waals surface area (Å²) in [5, 5.41) is 36.1. The van der Waals surface area contributed by atoms with Crippen molar-refractivity contribution < 1.29 is 14.9 Å². The summed E-state index contributed by atoms with van der Waals surface area (Å²) in [5.41, 5.74) is -0.0952. The first-order chi connectivity index (χ1) is 11.5. The molecule has 2 aromatic rings. The lowest BCUT2D eigenvalue weighted by Gasteiger charge is -2.11. The van der Waals surface area contributed by atoms with Gasteiger partial charge in [-0.3, -0.25) is 9.36 Å². The number of benzene rings is 1. The smallest absolute Gasteiger partial charge is 0.281 e.